The first-order valence-corrected chi connectivity index (χ1v) is 7.54. The van der Waals surface area contributed by atoms with Crippen LogP contribution in [-0.4, -0.2) is 41.4 Å². The molecule has 4 nitrogen and oxygen atoms in total. The van der Waals surface area contributed by atoms with Crippen molar-refractivity contribution < 1.29 is 14.6 Å². The second kappa shape index (κ2) is 6.48. The van der Waals surface area contributed by atoms with Crippen LogP contribution >= 0.6 is 0 Å². The minimum atomic E-state index is -0.484. The van der Waals surface area contributed by atoms with Crippen LogP contribution in [0.4, 0.5) is 4.79 Å². The number of aliphatic hydroxyl groups is 1. The topological polar surface area (TPSA) is 49.8 Å². The van der Waals surface area contributed by atoms with Crippen molar-refractivity contribution >= 4 is 6.09 Å². The Kier molecular flexibility index (Phi) is 4.88. The SMILES string of the molecule is CC(C)(C)OC(=O)N1CC[C@H](c2ccccc2)[C@@H](CO)C1. The van der Waals surface area contributed by atoms with Crippen LogP contribution in [0.25, 0.3) is 0 Å². The molecule has 0 radical (unpaired) electrons. The van der Waals surface area contributed by atoms with Crippen LogP contribution in [-0.2, 0) is 4.74 Å². The molecule has 0 saturated carbocycles. The fourth-order valence-electron chi connectivity index (χ4n) is 2.85. The summed E-state index contributed by atoms with van der Waals surface area (Å²) >= 11 is 0. The Hall–Kier alpha value is -1.55. The van der Waals surface area contributed by atoms with Crippen molar-refractivity contribution in [3.05, 3.63) is 35.9 Å². The van der Waals surface area contributed by atoms with E-state index >= 15 is 0 Å². The van der Waals surface area contributed by atoms with Crippen molar-refractivity contribution in [1.82, 2.24) is 4.90 Å². The van der Waals surface area contributed by atoms with Crippen LogP contribution in [0.3, 0.4) is 0 Å². The molecular weight excluding hydrogens is 266 g/mol. The maximum atomic E-state index is 12.1. The Labute approximate surface area is 126 Å². The van der Waals surface area contributed by atoms with Gasteiger partial charge in [0.25, 0.3) is 0 Å². The number of ether oxygens (including phenoxy) is 1. The highest BCUT2D eigenvalue weighted by molar-refractivity contribution is 5.68. The van der Waals surface area contributed by atoms with Gasteiger partial charge in [-0.15, -0.1) is 0 Å². The van der Waals surface area contributed by atoms with Gasteiger partial charge in [0.2, 0.25) is 0 Å². The fraction of sp³-hybridized carbons (Fsp3) is 0.588. The molecule has 116 valence electrons. The Morgan fingerprint density at radius 3 is 2.57 bits per heavy atom. The monoisotopic (exact) mass is 291 g/mol. The predicted octanol–water partition coefficient (Wildman–Crippen LogP) is 3.02. The molecule has 1 amide bonds. The summed E-state index contributed by atoms with van der Waals surface area (Å²) in [5.41, 5.74) is 0.752. The van der Waals surface area contributed by atoms with E-state index in [9.17, 15) is 9.90 Å². The van der Waals surface area contributed by atoms with Gasteiger partial charge in [0.1, 0.15) is 5.60 Å². The lowest BCUT2D eigenvalue weighted by molar-refractivity contribution is 0.0102. The van der Waals surface area contributed by atoms with E-state index in [-0.39, 0.29) is 18.6 Å². The Bertz CT molecular complexity index is 467. The van der Waals surface area contributed by atoms with Crippen molar-refractivity contribution in [3.8, 4) is 0 Å². The van der Waals surface area contributed by atoms with Crippen LogP contribution in [0.2, 0.25) is 0 Å². The zero-order valence-electron chi connectivity index (χ0n) is 13.1. The van der Waals surface area contributed by atoms with Crippen molar-refractivity contribution in [2.75, 3.05) is 19.7 Å². The first-order valence-electron chi connectivity index (χ1n) is 7.54. The van der Waals surface area contributed by atoms with Gasteiger partial charge in [-0.25, -0.2) is 4.79 Å². The molecule has 0 aromatic heterocycles. The number of hydrogen-bond donors (Lipinski definition) is 1. The van der Waals surface area contributed by atoms with Gasteiger partial charge in [-0.05, 0) is 38.7 Å². The van der Waals surface area contributed by atoms with E-state index in [2.05, 4.69) is 12.1 Å². The number of carbonyl (C=O) groups excluding carboxylic acids is 1. The molecule has 2 atom stereocenters. The number of amides is 1. The van der Waals surface area contributed by atoms with Crippen LogP contribution < -0.4 is 0 Å². The zero-order valence-corrected chi connectivity index (χ0v) is 13.1. The van der Waals surface area contributed by atoms with Crippen LogP contribution in [0.1, 0.15) is 38.7 Å². The van der Waals surface area contributed by atoms with Gasteiger partial charge in [0, 0.05) is 25.6 Å². The van der Waals surface area contributed by atoms with Gasteiger partial charge < -0.3 is 14.7 Å². The second-order valence-electron chi connectivity index (χ2n) is 6.67. The minimum Gasteiger partial charge on any atom is -0.444 e. The third-order valence-corrected chi connectivity index (χ3v) is 3.85. The Morgan fingerprint density at radius 1 is 1.33 bits per heavy atom. The summed E-state index contributed by atoms with van der Waals surface area (Å²) in [4.78, 5) is 13.9. The van der Waals surface area contributed by atoms with E-state index in [0.717, 1.165) is 6.42 Å². The van der Waals surface area contributed by atoms with E-state index in [1.54, 1.807) is 4.90 Å². The summed E-state index contributed by atoms with van der Waals surface area (Å²) < 4.78 is 5.42. The summed E-state index contributed by atoms with van der Waals surface area (Å²) in [5, 5.41) is 9.68. The average Bonchev–Trinajstić information content (AvgIpc) is 2.45. The normalized spacial score (nSPS) is 23.0. The lowest BCUT2D eigenvalue weighted by Gasteiger charge is -2.38. The molecule has 1 saturated heterocycles. The molecular formula is C17H25NO3. The molecule has 1 N–H and O–H groups in total. The molecule has 2 rings (SSSR count). The van der Waals surface area contributed by atoms with Crippen molar-refractivity contribution in [1.29, 1.82) is 0 Å². The number of aliphatic hydroxyl groups excluding tert-OH is 1. The standard InChI is InChI=1S/C17H25NO3/c1-17(2,3)21-16(20)18-10-9-15(14(11-18)12-19)13-7-5-4-6-8-13/h4-8,14-15,19H,9-12H2,1-3H3/t14-,15-/m1/s1. The summed E-state index contributed by atoms with van der Waals surface area (Å²) in [6.07, 6.45) is 0.571. The number of carbonyl (C=O) groups is 1. The highest BCUT2D eigenvalue weighted by Gasteiger charge is 2.33. The largest absolute Gasteiger partial charge is 0.444 e. The lowest BCUT2D eigenvalue weighted by Crippen LogP contribution is -2.46. The third kappa shape index (κ3) is 4.21. The van der Waals surface area contributed by atoms with E-state index in [0.29, 0.717) is 19.0 Å². The van der Waals surface area contributed by atoms with E-state index in [1.165, 1.54) is 5.56 Å². The van der Waals surface area contributed by atoms with Crippen LogP contribution in [0, 0.1) is 5.92 Å². The lowest BCUT2D eigenvalue weighted by atomic mass is 9.81. The number of likely N-dealkylation sites (tertiary alicyclic amines) is 1. The van der Waals surface area contributed by atoms with E-state index < -0.39 is 5.60 Å². The molecule has 21 heavy (non-hydrogen) atoms. The molecule has 1 aliphatic heterocycles. The Morgan fingerprint density at radius 2 is 2.00 bits per heavy atom. The van der Waals surface area contributed by atoms with Crippen molar-refractivity contribution in [2.24, 2.45) is 5.92 Å². The third-order valence-electron chi connectivity index (χ3n) is 3.85. The average molecular weight is 291 g/mol. The number of piperidine rings is 1. The highest BCUT2D eigenvalue weighted by atomic mass is 16.6. The predicted molar refractivity (Wildman–Crippen MR) is 82.2 cm³/mol. The quantitative estimate of drug-likeness (QED) is 0.911. The van der Waals surface area contributed by atoms with Crippen LogP contribution in [0.15, 0.2) is 30.3 Å². The first kappa shape index (κ1) is 15.8. The summed E-state index contributed by atoms with van der Waals surface area (Å²) in [6, 6.07) is 10.2. The number of rotatable bonds is 2. The van der Waals surface area contributed by atoms with Crippen molar-refractivity contribution in [2.45, 2.75) is 38.7 Å². The van der Waals surface area contributed by atoms with Crippen molar-refractivity contribution in [3.63, 3.8) is 0 Å². The summed E-state index contributed by atoms with van der Waals surface area (Å²) in [5.74, 6) is 0.364. The molecule has 1 heterocycles. The van der Waals surface area contributed by atoms with Gasteiger partial charge in [0.05, 0.1) is 0 Å². The van der Waals surface area contributed by atoms with E-state index in [4.69, 9.17) is 4.74 Å². The van der Waals surface area contributed by atoms with Crippen LogP contribution in [0.5, 0.6) is 0 Å². The molecule has 0 aliphatic carbocycles. The number of hydrogen-bond acceptors (Lipinski definition) is 3. The summed E-state index contributed by atoms with van der Waals surface area (Å²) in [6.45, 7) is 6.90. The number of benzene rings is 1. The molecule has 0 unspecified atom stereocenters. The highest BCUT2D eigenvalue weighted by Crippen LogP contribution is 2.33. The summed E-state index contributed by atoms with van der Waals surface area (Å²) in [7, 11) is 0. The number of nitrogens with zero attached hydrogens (tertiary/aromatic N) is 1. The molecule has 1 aromatic carbocycles. The zero-order chi connectivity index (χ0) is 15.5. The van der Waals surface area contributed by atoms with Gasteiger partial charge in [-0.1, -0.05) is 30.3 Å². The maximum absolute atomic E-state index is 12.1. The molecule has 4 heteroatoms. The molecule has 1 aromatic rings. The van der Waals surface area contributed by atoms with Gasteiger partial charge >= 0.3 is 6.09 Å². The minimum absolute atomic E-state index is 0.0636. The molecule has 1 fully saturated rings. The second-order valence-corrected chi connectivity index (χ2v) is 6.67. The smallest absolute Gasteiger partial charge is 0.410 e. The van der Waals surface area contributed by atoms with Gasteiger partial charge in [-0.2, -0.15) is 0 Å². The van der Waals surface area contributed by atoms with E-state index in [1.807, 2.05) is 39.0 Å². The molecule has 0 spiro atoms. The molecule has 0 bridgehead atoms. The fourth-order valence-corrected chi connectivity index (χ4v) is 2.85. The Balaban J connectivity index is 2.03. The van der Waals surface area contributed by atoms with Gasteiger partial charge in [0.15, 0.2) is 0 Å². The molecule has 1 aliphatic rings. The van der Waals surface area contributed by atoms with Gasteiger partial charge in [-0.3, -0.25) is 0 Å². The maximum Gasteiger partial charge on any atom is 0.410 e. The first-order chi connectivity index (χ1) is 9.90.